The maximum atomic E-state index is 10.6. The van der Waals surface area contributed by atoms with Crippen molar-refractivity contribution in [1.29, 1.82) is 0 Å². The number of carbonyl (C=O) groups is 1. The van der Waals surface area contributed by atoms with E-state index in [1.54, 1.807) is 17.4 Å². The molecule has 0 bridgehead atoms. The number of thiophene rings is 1. The van der Waals surface area contributed by atoms with Crippen molar-refractivity contribution in [2.75, 3.05) is 0 Å². The predicted octanol–water partition coefficient (Wildman–Crippen LogP) is 3.24. The molecule has 0 fully saturated rings. The number of hydrogen-bond donors (Lipinski definition) is 1. The van der Waals surface area contributed by atoms with Gasteiger partial charge in [0.1, 0.15) is 0 Å². The van der Waals surface area contributed by atoms with E-state index in [1.807, 2.05) is 46.6 Å². The van der Waals surface area contributed by atoms with Gasteiger partial charge < -0.3 is 5.11 Å². The molecule has 1 N–H and O–H groups in total. The molecule has 20 heavy (non-hydrogen) atoms. The van der Waals surface area contributed by atoms with Crippen molar-refractivity contribution >= 4 is 34.3 Å². The average Bonchev–Trinajstić information content (AvgIpc) is 3.05. The van der Waals surface area contributed by atoms with Crippen molar-refractivity contribution in [3.05, 3.63) is 58.4 Å². The van der Waals surface area contributed by atoms with E-state index < -0.39 is 5.97 Å². The fourth-order valence-electron chi connectivity index (χ4n) is 2.08. The Hall–Kier alpha value is -2.40. The van der Waals surface area contributed by atoms with Gasteiger partial charge in [0.2, 0.25) is 0 Å². The monoisotopic (exact) mass is 284 g/mol. The van der Waals surface area contributed by atoms with Gasteiger partial charge in [0.05, 0.1) is 18.3 Å². The highest BCUT2D eigenvalue weighted by Gasteiger charge is 2.06. The van der Waals surface area contributed by atoms with Crippen LogP contribution in [0.15, 0.2) is 48.0 Å². The van der Waals surface area contributed by atoms with Crippen LogP contribution in [0.2, 0.25) is 0 Å². The number of fused-ring (bicyclic) bond motifs is 1. The van der Waals surface area contributed by atoms with Gasteiger partial charge in [-0.05, 0) is 29.2 Å². The molecular weight excluding hydrogens is 272 g/mol. The van der Waals surface area contributed by atoms with Gasteiger partial charge in [0.25, 0.3) is 0 Å². The summed E-state index contributed by atoms with van der Waals surface area (Å²) < 4.78 is 1.93. The summed E-state index contributed by atoms with van der Waals surface area (Å²) in [6.07, 6.45) is 4.63. The molecule has 0 saturated carbocycles. The van der Waals surface area contributed by atoms with E-state index in [0.717, 1.165) is 27.4 Å². The van der Waals surface area contributed by atoms with Gasteiger partial charge in [-0.15, -0.1) is 11.3 Å². The van der Waals surface area contributed by atoms with Crippen LogP contribution in [0.5, 0.6) is 0 Å². The topological polar surface area (TPSA) is 55.1 Å². The van der Waals surface area contributed by atoms with Crippen LogP contribution >= 0.6 is 11.3 Å². The van der Waals surface area contributed by atoms with E-state index in [2.05, 4.69) is 5.10 Å². The Balaban J connectivity index is 1.92. The van der Waals surface area contributed by atoms with Crippen LogP contribution in [0.25, 0.3) is 17.0 Å². The first-order valence-corrected chi connectivity index (χ1v) is 7.00. The van der Waals surface area contributed by atoms with Gasteiger partial charge in [-0.3, -0.25) is 4.68 Å². The minimum absolute atomic E-state index is 0.643. The third-order valence-corrected chi connectivity index (χ3v) is 3.95. The third-order valence-electron chi connectivity index (χ3n) is 3.03. The zero-order valence-corrected chi connectivity index (χ0v) is 11.4. The molecule has 2 aromatic heterocycles. The Morgan fingerprint density at radius 1 is 1.35 bits per heavy atom. The Morgan fingerprint density at radius 3 is 3.05 bits per heavy atom. The number of hydrogen-bond acceptors (Lipinski definition) is 3. The van der Waals surface area contributed by atoms with Crippen LogP contribution in [0.4, 0.5) is 0 Å². The minimum Gasteiger partial charge on any atom is -0.478 e. The Morgan fingerprint density at radius 2 is 2.20 bits per heavy atom. The maximum Gasteiger partial charge on any atom is 0.328 e. The first-order chi connectivity index (χ1) is 9.74. The molecule has 0 saturated heterocycles. The van der Waals surface area contributed by atoms with Gasteiger partial charge >= 0.3 is 5.97 Å². The number of carboxylic acids is 1. The highest BCUT2D eigenvalue weighted by atomic mass is 32.1. The molecule has 3 aromatic rings. The molecule has 5 heteroatoms. The molecule has 0 aliphatic carbocycles. The maximum absolute atomic E-state index is 10.6. The highest BCUT2D eigenvalue weighted by molar-refractivity contribution is 7.10. The highest BCUT2D eigenvalue weighted by Crippen LogP contribution is 2.21. The second-order valence-corrected chi connectivity index (χ2v) is 5.33. The smallest absolute Gasteiger partial charge is 0.328 e. The van der Waals surface area contributed by atoms with Crippen molar-refractivity contribution in [3.63, 3.8) is 0 Å². The van der Waals surface area contributed by atoms with Gasteiger partial charge in [-0.25, -0.2) is 4.79 Å². The van der Waals surface area contributed by atoms with Crippen molar-refractivity contribution in [2.45, 2.75) is 6.54 Å². The quantitative estimate of drug-likeness (QED) is 0.748. The van der Waals surface area contributed by atoms with Crippen LogP contribution < -0.4 is 0 Å². The summed E-state index contributed by atoms with van der Waals surface area (Å²) in [7, 11) is 0. The second kappa shape index (κ2) is 5.30. The summed E-state index contributed by atoms with van der Waals surface area (Å²) in [6, 6.07) is 9.95. The number of aromatic nitrogens is 2. The number of rotatable bonds is 4. The Bertz CT molecular complexity index is 786. The number of carboxylic acid groups (broad SMARTS) is 1. The predicted molar refractivity (Wildman–Crippen MR) is 79.8 cm³/mol. The van der Waals surface area contributed by atoms with Crippen molar-refractivity contribution < 1.29 is 9.90 Å². The average molecular weight is 284 g/mol. The summed E-state index contributed by atoms with van der Waals surface area (Å²) >= 11 is 1.60. The van der Waals surface area contributed by atoms with Crippen LogP contribution in [0, 0.1) is 0 Å². The number of para-hydroxylation sites is 1. The second-order valence-electron chi connectivity index (χ2n) is 4.33. The van der Waals surface area contributed by atoms with Crippen LogP contribution in [-0.2, 0) is 11.3 Å². The zero-order chi connectivity index (χ0) is 13.9. The third kappa shape index (κ3) is 2.48. The number of nitrogens with zero attached hydrogens (tertiary/aromatic N) is 2. The lowest BCUT2D eigenvalue weighted by molar-refractivity contribution is -0.131. The fourth-order valence-corrected chi connectivity index (χ4v) is 2.92. The molecule has 0 radical (unpaired) electrons. The van der Waals surface area contributed by atoms with Gasteiger partial charge in [0, 0.05) is 16.3 Å². The summed E-state index contributed by atoms with van der Waals surface area (Å²) in [5.41, 5.74) is 2.01. The zero-order valence-electron chi connectivity index (χ0n) is 10.6. The van der Waals surface area contributed by atoms with Crippen LogP contribution in [0.3, 0.4) is 0 Å². The lowest BCUT2D eigenvalue weighted by Gasteiger charge is -2.03. The fraction of sp³-hybridized carbons (Fsp3) is 0.0667. The lowest BCUT2D eigenvalue weighted by Crippen LogP contribution is -2.00. The molecule has 2 heterocycles. The van der Waals surface area contributed by atoms with Crippen LogP contribution in [0.1, 0.15) is 10.4 Å². The Labute approximate surface area is 119 Å². The molecule has 0 spiro atoms. The largest absolute Gasteiger partial charge is 0.478 e. The van der Waals surface area contributed by atoms with Crippen molar-refractivity contribution in [3.8, 4) is 0 Å². The van der Waals surface area contributed by atoms with Gasteiger partial charge in [0.15, 0.2) is 0 Å². The Kier molecular flexibility index (Phi) is 3.35. The van der Waals surface area contributed by atoms with E-state index >= 15 is 0 Å². The van der Waals surface area contributed by atoms with E-state index in [0.29, 0.717) is 6.54 Å². The van der Waals surface area contributed by atoms with Gasteiger partial charge in [-0.1, -0.05) is 18.2 Å². The molecule has 0 aliphatic rings. The van der Waals surface area contributed by atoms with Crippen molar-refractivity contribution in [1.82, 2.24) is 9.78 Å². The summed E-state index contributed by atoms with van der Waals surface area (Å²) in [6.45, 7) is 0.643. The molecule has 4 nitrogen and oxygen atoms in total. The van der Waals surface area contributed by atoms with E-state index in [4.69, 9.17) is 5.11 Å². The van der Waals surface area contributed by atoms with E-state index in [1.165, 1.54) is 0 Å². The molecule has 3 rings (SSSR count). The number of aliphatic carboxylic acids is 1. The van der Waals surface area contributed by atoms with E-state index in [9.17, 15) is 4.79 Å². The lowest BCUT2D eigenvalue weighted by atomic mass is 10.2. The first-order valence-electron chi connectivity index (χ1n) is 6.12. The van der Waals surface area contributed by atoms with Gasteiger partial charge in [-0.2, -0.15) is 5.10 Å². The standard InChI is InChI=1S/C15H12N2O2S/c18-15(19)6-5-11-7-8-20-14(11)10-17-13-4-2-1-3-12(13)9-16-17/h1-9H,10H2,(H,18,19). The summed E-state index contributed by atoms with van der Waals surface area (Å²) in [4.78, 5) is 11.7. The molecule has 1 aromatic carbocycles. The molecule has 0 aliphatic heterocycles. The normalized spacial score (nSPS) is 11.4. The molecule has 0 amide bonds. The van der Waals surface area contributed by atoms with Crippen LogP contribution in [-0.4, -0.2) is 20.9 Å². The summed E-state index contributed by atoms with van der Waals surface area (Å²) in [5.74, 6) is -0.938. The molecule has 100 valence electrons. The van der Waals surface area contributed by atoms with E-state index in [-0.39, 0.29) is 0 Å². The molecular formula is C15H12N2O2S. The SMILES string of the molecule is O=C(O)C=Cc1ccsc1Cn1ncc2ccccc21. The molecule has 0 unspecified atom stereocenters. The first kappa shape index (κ1) is 12.6. The molecule has 0 atom stereocenters. The minimum atomic E-state index is -0.938. The summed E-state index contributed by atoms with van der Waals surface area (Å²) in [5, 5.41) is 16.2. The van der Waals surface area contributed by atoms with Crippen molar-refractivity contribution in [2.24, 2.45) is 0 Å². The number of benzene rings is 1.